The van der Waals surface area contributed by atoms with E-state index < -0.39 is 23.6 Å². The van der Waals surface area contributed by atoms with Gasteiger partial charge in [0.1, 0.15) is 17.9 Å². The van der Waals surface area contributed by atoms with Gasteiger partial charge in [-0.25, -0.2) is 9.97 Å². The normalized spacial score (nSPS) is 18.4. The second-order valence-electron chi connectivity index (χ2n) is 15.8. The maximum absolute atomic E-state index is 14.0. The zero-order valence-electron chi connectivity index (χ0n) is 32.9. The van der Waals surface area contributed by atoms with Crippen molar-refractivity contribution in [3.8, 4) is 10.4 Å². The molecule has 2 aliphatic heterocycles. The molecule has 5 N–H and O–H groups in total. The number of aliphatic hydroxyl groups is 1. The molecule has 2 aliphatic rings. The van der Waals surface area contributed by atoms with E-state index in [1.54, 1.807) is 17.5 Å². The van der Waals surface area contributed by atoms with Gasteiger partial charge in [-0.05, 0) is 55.4 Å². The summed E-state index contributed by atoms with van der Waals surface area (Å²) in [4.78, 5) is 66.8. The van der Waals surface area contributed by atoms with E-state index in [0.29, 0.717) is 18.5 Å². The second kappa shape index (κ2) is 19.5. The number of β-amino-alcohol motifs (C(OH)–C–C–N with tert-alkyl or cyclic N) is 1. The predicted octanol–water partition coefficient (Wildman–Crippen LogP) is 4.36. The van der Waals surface area contributed by atoms with Gasteiger partial charge in [-0.1, -0.05) is 64.3 Å². The molecular weight excluding hydrogens is 717 g/mol. The Morgan fingerprint density at radius 1 is 0.964 bits per heavy atom. The van der Waals surface area contributed by atoms with Crippen LogP contribution in [0.4, 0.5) is 5.82 Å². The minimum absolute atomic E-state index is 0.0249. The topological polar surface area (TPSA) is 169 Å². The van der Waals surface area contributed by atoms with Crippen LogP contribution in [0.15, 0.2) is 48.1 Å². The van der Waals surface area contributed by atoms with Gasteiger partial charge in [0.05, 0.1) is 33.8 Å². The van der Waals surface area contributed by atoms with Gasteiger partial charge in [-0.3, -0.25) is 19.2 Å². The molecule has 4 atom stereocenters. The van der Waals surface area contributed by atoms with Crippen LogP contribution in [0.3, 0.4) is 0 Å². The smallest absolute Gasteiger partial charge is 0.252 e. The van der Waals surface area contributed by atoms with Gasteiger partial charge in [0.15, 0.2) is 0 Å². The highest BCUT2D eigenvalue weighted by Crippen LogP contribution is 2.30. The molecule has 14 heteroatoms. The van der Waals surface area contributed by atoms with Gasteiger partial charge in [-0.15, -0.1) is 11.3 Å². The Balaban J connectivity index is 1.02. The van der Waals surface area contributed by atoms with Gasteiger partial charge in [-0.2, -0.15) is 0 Å². The molecule has 2 fully saturated rings. The van der Waals surface area contributed by atoms with Crippen molar-refractivity contribution in [1.82, 2.24) is 36.1 Å². The highest BCUT2D eigenvalue weighted by atomic mass is 32.1. The standard InChI is InChI=1S/C41H58N8O5S/c1-27(29-12-14-30(15-13-29)36-28(2)45-26-55-36)46-39(53)33-23-32(50)25-49(33)40(54)37(41(3,4)5)47-35(51)11-9-7-6-8-10-18-43-38(52)31-16-17-34(44-24-31)48-21-19-42-20-22-48/h12-17,24,26-27,32-33,37,42,50H,6-11,18-23,25H2,1-5H3,(H,43,52)(H,46,53)(H,47,51)/t27-,32+,33-,37+/m0/s1. The number of piperazine rings is 1. The maximum Gasteiger partial charge on any atom is 0.252 e. The van der Waals surface area contributed by atoms with E-state index in [4.69, 9.17) is 0 Å². The zero-order valence-corrected chi connectivity index (χ0v) is 33.7. The van der Waals surface area contributed by atoms with Gasteiger partial charge in [0.25, 0.3) is 5.91 Å². The molecule has 13 nitrogen and oxygen atoms in total. The third-order valence-corrected chi connectivity index (χ3v) is 11.4. The first-order valence-corrected chi connectivity index (χ1v) is 20.5. The Hall–Kier alpha value is -4.40. The van der Waals surface area contributed by atoms with Crippen LogP contribution in [0.5, 0.6) is 0 Å². The van der Waals surface area contributed by atoms with E-state index in [9.17, 15) is 24.3 Å². The van der Waals surface area contributed by atoms with Crippen molar-refractivity contribution < 1.29 is 24.3 Å². The lowest BCUT2D eigenvalue weighted by Gasteiger charge is -2.35. The number of hydrogen-bond donors (Lipinski definition) is 5. The number of nitrogens with one attached hydrogen (secondary N) is 4. The third kappa shape index (κ3) is 11.6. The van der Waals surface area contributed by atoms with Gasteiger partial charge in [0.2, 0.25) is 17.7 Å². The minimum Gasteiger partial charge on any atom is -0.391 e. The average molecular weight is 775 g/mol. The van der Waals surface area contributed by atoms with Crippen molar-refractivity contribution in [2.75, 3.05) is 44.2 Å². The summed E-state index contributed by atoms with van der Waals surface area (Å²) in [5, 5.41) is 22.9. The zero-order chi connectivity index (χ0) is 39.5. The van der Waals surface area contributed by atoms with Crippen molar-refractivity contribution in [1.29, 1.82) is 0 Å². The Morgan fingerprint density at radius 2 is 1.67 bits per heavy atom. The lowest BCUT2D eigenvalue weighted by Crippen LogP contribution is -2.57. The minimum atomic E-state index is -0.863. The first-order chi connectivity index (χ1) is 26.3. The van der Waals surface area contributed by atoms with Gasteiger partial charge in [0, 0.05) is 58.3 Å². The molecular formula is C41H58N8O5S. The number of aryl methyl sites for hydroxylation is 1. The molecule has 0 unspecified atom stereocenters. The Morgan fingerprint density at radius 3 is 2.33 bits per heavy atom. The number of thiazole rings is 1. The lowest BCUT2D eigenvalue weighted by molar-refractivity contribution is -0.144. The lowest BCUT2D eigenvalue weighted by atomic mass is 9.85. The molecule has 0 bridgehead atoms. The van der Waals surface area contributed by atoms with Crippen molar-refractivity contribution in [2.24, 2.45) is 5.41 Å². The number of hydrogen-bond acceptors (Lipinski definition) is 10. The molecule has 55 heavy (non-hydrogen) atoms. The Kier molecular flexibility index (Phi) is 14.8. The average Bonchev–Trinajstić information content (AvgIpc) is 3.79. The molecule has 2 aromatic heterocycles. The molecule has 0 spiro atoms. The summed E-state index contributed by atoms with van der Waals surface area (Å²) >= 11 is 1.58. The van der Waals surface area contributed by atoms with Crippen molar-refractivity contribution >= 4 is 40.8 Å². The number of nitrogens with zero attached hydrogens (tertiary/aromatic N) is 4. The highest BCUT2D eigenvalue weighted by molar-refractivity contribution is 7.13. The van der Waals surface area contributed by atoms with Crippen LogP contribution in [-0.2, 0) is 14.4 Å². The number of likely N-dealkylation sites (tertiary alicyclic amines) is 1. The Bertz CT molecular complexity index is 1740. The maximum atomic E-state index is 14.0. The molecule has 4 amide bonds. The van der Waals surface area contributed by atoms with Crippen molar-refractivity contribution in [3.63, 3.8) is 0 Å². The number of rotatable bonds is 16. The van der Waals surface area contributed by atoms with Crippen LogP contribution in [0.25, 0.3) is 10.4 Å². The number of aromatic nitrogens is 2. The molecule has 4 heterocycles. The van der Waals surface area contributed by atoms with E-state index in [-0.39, 0.29) is 49.1 Å². The second-order valence-corrected chi connectivity index (χ2v) is 16.7. The molecule has 3 aromatic rings. The van der Waals surface area contributed by atoms with Crippen LogP contribution in [0.1, 0.15) is 100 Å². The van der Waals surface area contributed by atoms with E-state index >= 15 is 0 Å². The molecule has 2 saturated heterocycles. The predicted molar refractivity (Wildman–Crippen MR) is 216 cm³/mol. The fraction of sp³-hybridized carbons (Fsp3) is 0.561. The van der Waals surface area contributed by atoms with E-state index in [1.807, 2.05) is 76.5 Å². The number of amides is 4. The Labute approximate surface area is 329 Å². The molecule has 0 aliphatic carbocycles. The SMILES string of the molecule is Cc1ncsc1-c1ccc([C@H](C)NC(=O)[C@@H]2C[C@@H](O)CN2C(=O)[C@@H](NC(=O)CCCCCCCNC(=O)c2ccc(N3CCNCC3)nc2)C(C)(C)C)cc1. The first kappa shape index (κ1) is 41.8. The summed E-state index contributed by atoms with van der Waals surface area (Å²) in [6.45, 7) is 13.8. The summed E-state index contributed by atoms with van der Waals surface area (Å²) < 4.78 is 0. The summed E-state index contributed by atoms with van der Waals surface area (Å²) in [5.41, 5.74) is 4.70. The number of pyridine rings is 1. The van der Waals surface area contributed by atoms with Crippen LogP contribution < -0.4 is 26.2 Å². The number of benzene rings is 1. The first-order valence-electron chi connectivity index (χ1n) is 19.6. The van der Waals surface area contributed by atoms with E-state index in [0.717, 1.165) is 79.4 Å². The van der Waals surface area contributed by atoms with Crippen molar-refractivity contribution in [3.05, 3.63) is 64.9 Å². The summed E-state index contributed by atoms with van der Waals surface area (Å²) in [7, 11) is 0. The van der Waals surface area contributed by atoms with E-state index in [1.165, 1.54) is 4.90 Å². The monoisotopic (exact) mass is 774 g/mol. The quantitative estimate of drug-likeness (QED) is 0.133. The van der Waals surface area contributed by atoms with Crippen LogP contribution >= 0.6 is 11.3 Å². The highest BCUT2D eigenvalue weighted by Gasteiger charge is 2.44. The molecule has 1 aromatic carbocycles. The summed E-state index contributed by atoms with van der Waals surface area (Å²) in [6.07, 6.45) is 5.39. The fourth-order valence-corrected chi connectivity index (χ4v) is 7.91. The van der Waals surface area contributed by atoms with Crippen LogP contribution in [0, 0.1) is 12.3 Å². The molecule has 5 rings (SSSR count). The molecule has 298 valence electrons. The van der Waals surface area contributed by atoms with Gasteiger partial charge >= 0.3 is 0 Å². The number of anilines is 1. The molecule has 0 radical (unpaired) electrons. The van der Waals surface area contributed by atoms with Crippen LogP contribution in [0.2, 0.25) is 0 Å². The largest absolute Gasteiger partial charge is 0.391 e. The summed E-state index contributed by atoms with van der Waals surface area (Å²) in [5.74, 6) is -0.173. The number of carbonyl (C=O) groups is 4. The number of aliphatic hydroxyl groups excluding tert-OH is 1. The number of carbonyl (C=O) groups excluding carboxylic acids is 4. The third-order valence-electron chi connectivity index (χ3n) is 10.4. The van der Waals surface area contributed by atoms with Gasteiger partial charge < -0.3 is 36.2 Å². The van der Waals surface area contributed by atoms with Crippen molar-refractivity contribution in [2.45, 2.75) is 104 Å². The van der Waals surface area contributed by atoms with Crippen LogP contribution in [-0.4, -0.2) is 101 Å². The summed E-state index contributed by atoms with van der Waals surface area (Å²) in [6, 6.07) is 9.67. The fourth-order valence-electron chi connectivity index (χ4n) is 7.09. The number of unbranched alkanes of at least 4 members (excludes halogenated alkanes) is 4. The molecule has 0 saturated carbocycles. The van der Waals surface area contributed by atoms with E-state index in [2.05, 4.69) is 36.1 Å².